The Morgan fingerprint density at radius 3 is 2.61 bits per heavy atom. The number of aromatic nitrogens is 2. The van der Waals surface area contributed by atoms with Crippen molar-refractivity contribution in [2.75, 3.05) is 38.2 Å². The number of rotatable bonds is 7. The summed E-state index contributed by atoms with van der Waals surface area (Å²) in [5, 5.41) is 0.442. The summed E-state index contributed by atoms with van der Waals surface area (Å²) in [7, 11) is 1.64. The number of hydrogen-bond acceptors (Lipinski definition) is 6. The minimum Gasteiger partial charge on any atom is -0.497 e. The van der Waals surface area contributed by atoms with Crippen LogP contribution in [0.4, 0.5) is 10.1 Å². The fraction of sp³-hybridized carbons (Fsp3) is 0.292. The first-order chi connectivity index (χ1) is 16.0. The van der Waals surface area contributed by atoms with Crippen LogP contribution in [0.25, 0.3) is 0 Å². The number of halogens is 1. The van der Waals surface area contributed by atoms with Crippen molar-refractivity contribution in [3.05, 3.63) is 82.0 Å². The number of carbonyl (C=O) groups is 1. The summed E-state index contributed by atoms with van der Waals surface area (Å²) in [5.74, 6) is 1.000. The second-order valence-electron chi connectivity index (χ2n) is 7.70. The molecule has 172 valence electrons. The number of ether oxygens (including phenoxy) is 1. The third-order valence-electron chi connectivity index (χ3n) is 5.44. The van der Waals surface area contributed by atoms with Crippen LogP contribution in [-0.4, -0.2) is 54.1 Å². The summed E-state index contributed by atoms with van der Waals surface area (Å²) >= 11 is 1.34. The van der Waals surface area contributed by atoms with Gasteiger partial charge in [0.2, 0.25) is 5.91 Å². The molecule has 0 aliphatic carbocycles. The number of thioether (sulfide) groups is 1. The van der Waals surface area contributed by atoms with Crippen molar-refractivity contribution in [2.24, 2.45) is 0 Å². The first-order valence-electron chi connectivity index (χ1n) is 10.6. The molecule has 1 aliphatic heterocycles. The minimum atomic E-state index is -0.294. The van der Waals surface area contributed by atoms with Crippen LogP contribution in [0.2, 0.25) is 0 Å². The van der Waals surface area contributed by atoms with Crippen LogP contribution in [-0.2, 0) is 17.0 Å². The molecule has 0 atom stereocenters. The van der Waals surface area contributed by atoms with Gasteiger partial charge >= 0.3 is 0 Å². The van der Waals surface area contributed by atoms with E-state index in [1.807, 2.05) is 29.2 Å². The quantitative estimate of drug-likeness (QED) is 0.424. The second-order valence-corrected chi connectivity index (χ2v) is 8.67. The van der Waals surface area contributed by atoms with E-state index in [1.165, 1.54) is 30.0 Å². The number of hydrogen-bond donors (Lipinski definition) is 1. The van der Waals surface area contributed by atoms with Crippen molar-refractivity contribution in [3.63, 3.8) is 0 Å². The second kappa shape index (κ2) is 10.5. The number of nitrogens with one attached hydrogen (secondary N) is 1. The lowest BCUT2D eigenvalue weighted by Gasteiger charge is -2.36. The van der Waals surface area contributed by atoms with Gasteiger partial charge in [-0.3, -0.25) is 9.59 Å². The Hall–Kier alpha value is -3.33. The molecule has 0 radical (unpaired) electrons. The lowest BCUT2D eigenvalue weighted by molar-refractivity contribution is -0.130. The maximum atomic E-state index is 13.1. The molecule has 0 spiro atoms. The number of nitrogens with zero attached hydrogens (tertiary/aromatic N) is 3. The number of H-pyrrole nitrogens is 1. The Labute approximate surface area is 195 Å². The average molecular weight is 469 g/mol. The van der Waals surface area contributed by atoms with E-state index >= 15 is 0 Å². The average Bonchev–Trinajstić information content (AvgIpc) is 2.83. The molecule has 2 aromatic carbocycles. The first kappa shape index (κ1) is 22.8. The highest BCUT2D eigenvalue weighted by Gasteiger charge is 2.22. The highest BCUT2D eigenvalue weighted by atomic mass is 32.2. The van der Waals surface area contributed by atoms with Crippen molar-refractivity contribution >= 4 is 23.4 Å². The molecule has 7 nitrogen and oxygen atoms in total. The largest absolute Gasteiger partial charge is 0.497 e. The molecule has 0 unspecified atom stereocenters. The predicted molar refractivity (Wildman–Crippen MR) is 126 cm³/mol. The first-order valence-corrected chi connectivity index (χ1v) is 11.6. The highest BCUT2D eigenvalue weighted by molar-refractivity contribution is 7.98. The van der Waals surface area contributed by atoms with Gasteiger partial charge < -0.3 is 19.5 Å². The van der Waals surface area contributed by atoms with Gasteiger partial charge in [0.05, 0.1) is 19.2 Å². The Morgan fingerprint density at radius 1 is 1.12 bits per heavy atom. The lowest BCUT2D eigenvalue weighted by atomic mass is 10.2. The third kappa shape index (κ3) is 6.13. The maximum Gasteiger partial charge on any atom is 0.251 e. The van der Waals surface area contributed by atoms with E-state index < -0.39 is 0 Å². The zero-order chi connectivity index (χ0) is 23.2. The van der Waals surface area contributed by atoms with Crippen molar-refractivity contribution < 1.29 is 13.9 Å². The van der Waals surface area contributed by atoms with Crippen molar-refractivity contribution in [1.29, 1.82) is 0 Å². The fourth-order valence-corrected chi connectivity index (χ4v) is 4.51. The van der Waals surface area contributed by atoms with E-state index in [9.17, 15) is 14.0 Å². The molecule has 33 heavy (non-hydrogen) atoms. The molecule has 1 N–H and O–H groups in total. The number of carbonyl (C=O) groups excluding carboxylic acids is 1. The van der Waals surface area contributed by atoms with E-state index in [2.05, 4.69) is 14.9 Å². The molecule has 1 aromatic heterocycles. The molecule has 9 heteroatoms. The summed E-state index contributed by atoms with van der Waals surface area (Å²) in [6.45, 7) is 2.65. The molecule has 0 bridgehead atoms. The monoisotopic (exact) mass is 468 g/mol. The number of benzene rings is 2. The number of aromatic amines is 1. The van der Waals surface area contributed by atoms with Gasteiger partial charge in [0.1, 0.15) is 11.6 Å². The van der Waals surface area contributed by atoms with E-state index in [0.29, 0.717) is 29.7 Å². The standard InChI is InChI=1S/C24H25FN4O3S/c1-32-21-4-2-3-20(15-21)28-9-11-29(12-10-28)23(31)14-19-13-22(30)27-24(26-19)33-16-17-5-7-18(25)8-6-17/h2-8,13,15H,9-12,14,16H2,1H3,(H,26,27,30). The summed E-state index contributed by atoms with van der Waals surface area (Å²) in [4.78, 5) is 36.1. The third-order valence-corrected chi connectivity index (χ3v) is 6.39. The molecule has 3 aromatic rings. The smallest absolute Gasteiger partial charge is 0.251 e. The van der Waals surface area contributed by atoms with E-state index in [4.69, 9.17) is 4.74 Å². The Morgan fingerprint density at radius 2 is 1.88 bits per heavy atom. The molecule has 1 saturated heterocycles. The molecule has 1 amide bonds. The molecular weight excluding hydrogens is 443 g/mol. The minimum absolute atomic E-state index is 0.0483. The van der Waals surface area contributed by atoms with Gasteiger partial charge in [0, 0.05) is 49.8 Å². The molecule has 2 heterocycles. The van der Waals surface area contributed by atoms with Crippen LogP contribution in [0, 0.1) is 5.82 Å². The molecule has 1 fully saturated rings. The van der Waals surface area contributed by atoms with E-state index in [0.717, 1.165) is 30.1 Å². The zero-order valence-corrected chi connectivity index (χ0v) is 19.1. The zero-order valence-electron chi connectivity index (χ0n) is 18.3. The molecular formula is C24H25FN4O3S. The maximum absolute atomic E-state index is 13.1. The van der Waals surface area contributed by atoms with Crippen LogP contribution >= 0.6 is 11.8 Å². The van der Waals surface area contributed by atoms with Gasteiger partial charge in [-0.15, -0.1) is 0 Å². The van der Waals surface area contributed by atoms with Gasteiger partial charge in [-0.1, -0.05) is 30.0 Å². The van der Waals surface area contributed by atoms with Crippen molar-refractivity contribution in [2.45, 2.75) is 17.3 Å². The predicted octanol–water partition coefficient (Wildman–Crippen LogP) is 3.10. The summed E-state index contributed by atoms with van der Waals surface area (Å²) < 4.78 is 18.4. The molecule has 1 aliphatic rings. The summed E-state index contributed by atoms with van der Waals surface area (Å²) in [5.41, 5.74) is 2.14. The van der Waals surface area contributed by atoms with Gasteiger partial charge in [-0.25, -0.2) is 9.37 Å². The van der Waals surface area contributed by atoms with E-state index in [-0.39, 0.29) is 23.7 Å². The van der Waals surface area contributed by atoms with Crippen LogP contribution in [0.1, 0.15) is 11.3 Å². The molecule has 4 rings (SSSR count). The lowest BCUT2D eigenvalue weighted by Crippen LogP contribution is -2.49. The van der Waals surface area contributed by atoms with Crippen LogP contribution in [0.15, 0.2) is 64.5 Å². The van der Waals surface area contributed by atoms with Crippen LogP contribution in [0.5, 0.6) is 5.75 Å². The number of amides is 1. The summed E-state index contributed by atoms with van der Waals surface area (Å²) in [6, 6.07) is 15.4. The van der Waals surface area contributed by atoms with Crippen LogP contribution < -0.4 is 15.2 Å². The van der Waals surface area contributed by atoms with Gasteiger partial charge in [0.15, 0.2) is 5.16 Å². The Bertz CT molecular complexity index is 1160. The van der Waals surface area contributed by atoms with Gasteiger partial charge in [0.25, 0.3) is 5.56 Å². The topological polar surface area (TPSA) is 78.5 Å². The highest BCUT2D eigenvalue weighted by Crippen LogP contribution is 2.22. The van der Waals surface area contributed by atoms with Gasteiger partial charge in [-0.05, 0) is 29.8 Å². The van der Waals surface area contributed by atoms with Crippen molar-refractivity contribution in [1.82, 2.24) is 14.9 Å². The Kier molecular flexibility index (Phi) is 7.29. The molecule has 0 saturated carbocycles. The van der Waals surface area contributed by atoms with E-state index in [1.54, 1.807) is 19.2 Å². The fourth-order valence-electron chi connectivity index (χ4n) is 3.66. The van der Waals surface area contributed by atoms with Gasteiger partial charge in [-0.2, -0.15) is 0 Å². The normalized spacial score (nSPS) is 13.8. The number of piperazine rings is 1. The van der Waals surface area contributed by atoms with Crippen molar-refractivity contribution in [3.8, 4) is 5.75 Å². The number of anilines is 1. The SMILES string of the molecule is COc1cccc(N2CCN(C(=O)Cc3cc(=O)[nH]c(SCc4ccc(F)cc4)n3)CC2)c1. The summed E-state index contributed by atoms with van der Waals surface area (Å²) in [6.07, 6.45) is 0.0766. The number of methoxy groups -OCH3 is 1. The van der Waals surface area contributed by atoms with Crippen LogP contribution in [0.3, 0.4) is 0 Å². The Balaban J connectivity index is 1.33.